The lowest BCUT2D eigenvalue weighted by Crippen LogP contribution is -2.47. The van der Waals surface area contributed by atoms with Gasteiger partial charge in [-0.25, -0.2) is 0 Å². The molecule has 0 bridgehead atoms. The maximum Gasteiger partial charge on any atom is 0.237 e. The van der Waals surface area contributed by atoms with E-state index in [1.54, 1.807) is 7.11 Å². The Hall–Kier alpha value is -0.260. The second kappa shape index (κ2) is 6.95. The summed E-state index contributed by atoms with van der Waals surface area (Å²) < 4.78 is 5.55. The molecule has 1 aliphatic heterocycles. The first-order chi connectivity index (χ1) is 9.19. The summed E-state index contributed by atoms with van der Waals surface area (Å²) in [5.74, 6) is 0.138. The highest BCUT2D eigenvalue weighted by Gasteiger charge is 2.34. The van der Waals surface area contributed by atoms with Gasteiger partial charge in [0.2, 0.25) is 5.91 Å². The van der Waals surface area contributed by atoms with Crippen LogP contribution in [-0.4, -0.2) is 49.3 Å². The lowest BCUT2D eigenvalue weighted by molar-refractivity contribution is -0.123. The molecule has 0 radical (unpaired) electrons. The van der Waals surface area contributed by atoms with Crippen molar-refractivity contribution in [2.24, 2.45) is 0 Å². The summed E-state index contributed by atoms with van der Waals surface area (Å²) in [4.78, 5) is 12.2. The standard InChI is InChI=1S/C14H26N2O2S/c1-18-11-8-12(15-9-11)13(17)16-10-14(19-2)6-4-3-5-7-14/h11-12,15H,3-10H2,1-2H3,(H,16,17). The molecule has 2 atom stereocenters. The Balaban J connectivity index is 1.79. The highest BCUT2D eigenvalue weighted by atomic mass is 32.2. The van der Waals surface area contributed by atoms with Crippen LogP contribution in [0.1, 0.15) is 38.5 Å². The summed E-state index contributed by atoms with van der Waals surface area (Å²) in [5.41, 5.74) is 0. The first kappa shape index (κ1) is 15.1. The minimum atomic E-state index is -0.0764. The van der Waals surface area contributed by atoms with Crippen molar-refractivity contribution in [2.75, 3.05) is 26.5 Å². The van der Waals surface area contributed by atoms with E-state index >= 15 is 0 Å². The molecule has 0 aromatic rings. The molecule has 19 heavy (non-hydrogen) atoms. The molecule has 0 aromatic carbocycles. The number of carbonyl (C=O) groups excluding carboxylic acids is 1. The molecule has 0 spiro atoms. The van der Waals surface area contributed by atoms with Crippen LogP contribution < -0.4 is 10.6 Å². The van der Waals surface area contributed by atoms with Crippen LogP contribution in [0.3, 0.4) is 0 Å². The van der Waals surface area contributed by atoms with Gasteiger partial charge >= 0.3 is 0 Å². The molecule has 1 heterocycles. The number of ether oxygens (including phenoxy) is 1. The summed E-state index contributed by atoms with van der Waals surface area (Å²) in [6, 6.07) is -0.0764. The van der Waals surface area contributed by atoms with Crippen molar-refractivity contribution < 1.29 is 9.53 Å². The predicted molar refractivity (Wildman–Crippen MR) is 79.5 cm³/mol. The van der Waals surface area contributed by atoms with Crippen molar-refractivity contribution in [2.45, 2.75) is 55.4 Å². The van der Waals surface area contributed by atoms with E-state index < -0.39 is 0 Å². The zero-order valence-corrected chi connectivity index (χ0v) is 12.9. The summed E-state index contributed by atoms with van der Waals surface area (Å²) in [5, 5.41) is 6.38. The summed E-state index contributed by atoms with van der Waals surface area (Å²) >= 11 is 1.92. The van der Waals surface area contributed by atoms with Gasteiger partial charge in [-0.15, -0.1) is 0 Å². The number of nitrogens with one attached hydrogen (secondary N) is 2. The first-order valence-electron chi connectivity index (χ1n) is 7.28. The Bertz CT molecular complexity index is 306. The lowest BCUT2D eigenvalue weighted by Gasteiger charge is -2.36. The van der Waals surface area contributed by atoms with Crippen LogP contribution in [0.2, 0.25) is 0 Å². The molecule has 2 fully saturated rings. The van der Waals surface area contributed by atoms with Gasteiger partial charge in [-0.05, 0) is 25.5 Å². The minimum Gasteiger partial charge on any atom is -0.380 e. The molecule has 5 heteroatoms. The third kappa shape index (κ3) is 3.86. The summed E-state index contributed by atoms with van der Waals surface area (Å²) in [6.07, 6.45) is 9.53. The van der Waals surface area contributed by atoms with Crippen LogP contribution in [-0.2, 0) is 9.53 Å². The third-order valence-electron chi connectivity index (χ3n) is 4.52. The van der Waals surface area contributed by atoms with Crippen molar-refractivity contribution in [3.05, 3.63) is 0 Å². The number of hydrogen-bond acceptors (Lipinski definition) is 4. The maximum atomic E-state index is 12.2. The maximum absolute atomic E-state index is 12.2. The van der Waals surface area contributed by atoms with Crippen LogP contribution in [0, 0.1) is 0 Å². The lowest BCUT2D eigenvalue weighted by atomic mass is 9.88. The van der Waals surface area contributed by atoms with Gasteiger partial charge in [0.05, 0.1) is 12.1 Å². The fourth-order valence-corrected chi connectivity index (χ4v) is 4.02. The Morgan fingerprint density at radius 3 is 2.74 bits per heavy atom. The van der Waals surface area contributed by atoms with Crippen LogP contribution in [0.5, 0.6) is 0 Å². The first-order valence-corrected chi connectivity index (χ1v) is 8.51. The van der Waals surface area contributed by atoms with E-state index in [9.17, 15) is 4.79 Å². The fourth-order valence-electron chi connectivity index (χ4n) is 3.10. The highest BCUT2D eigenvalue weighted by molar-refractivity contribution is 8.00. The molecule has 2 unspecified atom stereocenters. The molecule has 1 aliphatic carbocycles. The molecule has 2 rings (SSSR count). The van der Waals surface area contributed by atoms with E-state index in [1.807, 2.05) is 11.8 Å². The van der Waals surface area contributed by atoms with Gasteiger partial charge in [-0.3, -0.25) is 4.79 Å². The van der Waals surface area contributed by atoms with Crippen molar-refractivity contribution in [1.29, 1.82) is 0 Å². The smallest absolute Gasteiger partial charge is 0.237 e. The molecule has 1 amide bonds. The molecular formula is C14H26N2O2S. The van der Waals surface area contributed by atoms with Gasteiger partial charge in [0.25, 0.3) is 0 Å². The molecule has 110 valence electrons. The van der Waals surface area contributed by atoms with Crippen molar-refractivity contribution in [3.8, 4) is 0 Å². The number of amides is 1. The second-order valence-electron chi connectivity index (χ2n) is 5.72. The topological polar surface area (TPSA) is 50.4 Å². The van der Waals surface area contributed by atoms with Crippen LogP contribution in [0.15, 0.2) is 0 Å². The van der Waals surface area contributed by atoms with E-state index in [1.165, 1.54) is 32.1 Å². The van der Waals surface area contributed by atoms with Crippen LogP contribution in [0.4, 0.5) is 0 Å². The van der Waals surface area contributed by atoms with Gasteiger partial charge in [0.15, 0.2) is 0 Å². The molecular weight excluding hydrogens is 260 g/mol. The van der Waals surface area contributed by atoms with Crippen molar-refractivity contribution in [1.82, 2.24) is 10.6 Å². The largest absolute Gasteiger partial charge is 0.380 e. The highest BCUT2D eigenvalue weighted by Crippen LogP contribution is 2.37. The van der Waals surface area contributed by atoms with Crippen molar-refractivity contribution in [3.63, 3.8) is 0 Å². The van der Waals surface area contributed by atoms with Gasteiger partial charge < -0.3 is 15.4 Å². The van der Waals surface area contributed by atoms with Gasteiger partial charge in [-0.1, -0.05) is 19.3 Å². The Morgan fingerprint density at radius 2 is 2.16 bits per heavy atom. The molecule has 4 nitrogen and oxygen atoms in total. The monoisotopic (exact) mass is 286 g/mol. The molecule has 2 N–H and O–H groups in total. The van der Waals surface area contributed by atoms with Crippen molar-refractivity contribution >= 4 is 17.7 Å². The number of carbonyl (C=O) groups is 1. The van der Waals surface area contributed by atoms with Gasteiger partial charge in [0.1, 0.15) is 0 Å². The van der Waals surface area contributed by atoms with E-state index in [2.05, 4.69) is 16.9 Å². The zero-order chi connectivity index (χ0) is 13.7. The van der Waals surface area contributed by atoms with E-state index in [-0.39, 0.29) is 22.8 Å². The zero-order valence-electron chi connectivity index (χ0n) is 12.0. The average Bonchev–Trinajstić information content (AvgIpc) is 2.95. The number of hydrogen-bond donors (Lipinski definition) is 2. The Morgan fingerprint density at radius 1 is 1.42 bits per heavy atom. The Labute approximate surface area is 120 Å². The quantitative estimate of drug-likeness (QED) is 0.805. The van der Waals surface area contributed by atoms with Gasteiger partial charge in [-0.2, -0.15) is 11.8 Å². The van der Waals surface area contributed by atoms with E-state index in [4.69, 9.17) is 4.74 Å². The predicted octanol–water partition coefficient (Wildman–Crippen LogP) is 1.55. The normalized spacial score (nSPS) is 30.2. The second-order valence-corrected chi connectivity index (χ2v) is 6.99. The average molecular weight is 286 g/mol. The molecule has 0 aromatic heterocycles. The number of rotatable bonds is 5. The fraction of sp³-hybridized carbons (Fsp3) is 0.929. The molecule has 1 saturated carbocycles. The Kier molecular flexibility index (Phi) is 5.54. The molecule has 1 saturated heterocycles. The SMILES string of the molecule is COC1CNC(C(=O)NCC2(SC)CCCCC2)C1. The molecule has 2 aliphatic rings. The number of thioether (sulfide) groups is 1. The minimum absolute atomic E-state index is 0.0764. The van der Waals surface area contributed by atoms with Crippen LogP contribution >= 0.6 is 11.8 Å². The number of methoxy groups -OCH3 is 1. The third-order valence-corrected chi connectivity index (χ3v) is 5.94. The van der Waals surface area contributed by atoms with Crippen LogP contribution in [0.25, 0.3) is 0 Å². The summed E-state index contributed by atoms with van der Waals surface area (Å²) in [7, 11) is 1.71. The van der Waals surface area contributed by atoms with Gasteiger partial charge in [0, 0.05) is 24.9 Å². The summed E-state index contributed by atoms with van der Waals surface area (Å²) in [6.45, 7) is 1.59. The van der Waals surface area contributed by atoms with E-state index in [0.717, 1.165) is 19.5 Å². The van der Waals surface area contributed by atoms with E-state index in [0.29, 0.717) is 0 Å².